The van der Waals surface area contributed by atoms with E-state index in [4.69, 9.17) is 4.74 Å². The third kappa shape index (κ3) is 4.15. The maximum Gasteiger partial charge on any atom is 0.325 e. The van der Waals surface area contributed by atoms with Gasteiger partial charge >= 0.3 is 5.97 Å². The zero-order valence-corrected chi connectivity index (χ0v) is 15.9. The molecule has 0 aliphatic heterocycles. The number of aromatic nitrogens is 1. The summed E-state index contributed by atoms with van der Waals surface area (Å²) in [5, 5.41) is 2.67. The molecule has 0 aliphatic carbocycles. The van der Waals surface area contributed by atoms with Crippen LogP contribution in [0.4, 0.5) is 10.1 Å². The number of nitrogens with one attached hydrogen (secondary N) is 1. The number of nitrogens with zero attached hydrogens (tertiary/aromatic N) is 2. The highest BCUT2D eigenvalue weighted by Crippen LogP contribution is 2.22. The molecule has 28 heavy (non-hydrogen) atoms. The molecule has 1 N–H and O–H groups in total. The third-order valence-electron chi connectivity index (χ3n) is 3.82. The highest BCUT2D eigenvalue weighted by atomic mass is 32.1. The smallest absolute Gasteiger partial charge is 0.325 e. The standard InChI is InChI=1S/C19H16FN3O4S/c1-11(24)21-12-7-8-15-16(9-12)28-19(23(15)10-17(25)27-2)22-18(26)13-5-3-4-6-14(13)20/h3-9H,10H2,1-2H3,(H,21,24). The summed E-state index contributed by atoms with van der Waals surface area (Å²) in [6.45, 7) is 1.23. The molecule has 3 aromatic rings. The average Bonchev–Trinajstić information content (AvgIpc) is 2.97. The summed E-state index contributed by atoms with van der Waals surface area (Å²) in [4.78, 5) is 39.8. The lowest BCUT2D eigenvalue weighted by atomic mass is 10.2. The van der Waals surface area contributed by atoms with Crippen LogP contribution in [0.5, 0.6) is 0 Å². The lowest BCUT2D eigenvalue weighted by Gasteiger charge is -2.05. The van der Waals surface area contributed by atoms with Gasteiger partial charge in [0.25, 0.3) is 5.91 Å². The lowest BCUT2D eigenvalue weighted by molar-refractivity contribution is -0.141. The van der Waals surface area contributed by atoms with Crippen LogP contribution in [-0.4, -0.2) is 29.5 Å². The number of anilines is 1. The Balaban J connectivity index is 2.14. The molecular formula is C19H16FN3O4S. The van der Waals surface area contributed by atoms with E-state index in [1.807, 2.05) is 0 Å². The summed E-state index contributed by atoms with van der Waals surface area (Å²) in [6, 6.07) is 10.6. The molecule has 3 rings (SSSR count). The maximum absolute atomic E-state index is 13.9. The van der Waals surface area contributed by atoms with Crippen LogP contribution in [0.1, 0.15) is 17.3 Å². The number of thiazole rings is 1. The van der Waals surface area contributed by atoms with E-state index in [1.165, 1.54) is 36.8 Å². The first kappa shape index (κ1) is 19.4. The van der Waals surface area contributed by atoms with Gasteiger partial charge in [0, 0.05) is 12.6 Å². The summed E-state index contributed by atoms with van der Waals surface area (Å²) in [5.74, 6) is -2.18. The monoisotopic (exact) mass is 401 g/mol. The van der Waals surface area contributed by atoms with Crippen LogP contribution in [0.25, 0.3) is 10.2 Å². The first-order valence-corrected chi connectivity index (χ1v) is 9.02. The van der Waals surface area contributed by atoms with E-state index in [1.54, 1.807) is 24.3 Å². The molecule has 0 spiro atoms. The molecule has 9 heteroatoms. The van der Waals surface area contributed by atoms with Crippen molar-refractivity contribution in [3.8, 4) is 0 Å². The highest BCUT2D eigenvalue weighted by Gasteiger charge is 2.15. The Morgan fingerprint density at radius 3 is 2.64 bits per heavy atom. The Labute approximate surface area is 163 Å². The van der Waals surface area contributed by atoms with Crippen LogP contribution in [0.2, 0.25) is 0 Å². The number of fused-ring (bicyclic) bond motifs is 1. The summed E-state index contributed by atoms with van der Waals surface area (Å²) < 4.78 is 20.8. The van der Waals surface area contributed by atoms with Crippen LogP contribution in [0, 0.1) is 5.82 Å². The highest BCUT2D eigenvalue weighted by molar-refractivity contribution is 7.16. The molecule has 144 valence electrons. The van der Waals surface area contributed by atoms with Crippen molar-refractivity contribution in [1.82, 2.24) is 4.57 Å². The molecule has 0 atom stereocenters. The zero-order chi connectivity index (χ0) is 20.3. The number of amides is 2. The van der Waals surface area contributed by atoms with E-state index in [-0.39, 0.29) is 22.8 Å². The Bertz CT molecular complexity index is 1150. The number of esters is 1. The van der Waals surface area contributed by atoms with Crippen molar-refractivity contribution < 1.29 is 23.5 Å². The van der Waals surface area contributed by atoms with E-state index in [0.29, 0.717) is 15.9 Å². The number of rotatable bonds is 4. The average molecular weight is 401 g/mol. The number of hydrogen-bond donors (Lipinski definition) is 1. The summed E-state index contributed by atoms with van der Waals surface area (Å²) in [5.41, 5.74) is 1.03. The molecule has 0 aliphatic rings. The van der Waals surface area contributed by atoms with Crippen LogP contribution >= 0.6 is 11.3 Å². The van der Waals surface area contributed by atoms with Gasteiger partial charge in [-0.15, -0.1) is 0 Å². The third-order valence-corrected chi connectivity index (χ3v) is 4.86. The predicted molar refractivity (Wildman–Crippen MR) is 102 cm³/mol. The van der Waals surface area contributed by atoms with Gasteiger partial charge in [0.05, 0.1) is 22.9 Å². The maximum atomic E-state index is 13.9. The molecule has 0 saturated heterocycles. The van der Waals surface area contributed by atoms with Gasteiger partial charge in [-0.1, -0.05) is 23.5 Å². The van der Waals surface area contributed by atoms with Gasteiger partial charge in [0.2, 0.25) is 5.91 Å². The van der Waals surface area contributed by atoms with Crippen molar-refractivity contribution in [2.75, 3.05) is 12.4 Å². The van der Waals surface area contributed by atoms with Crippen molar-refractivity contribution in [3.05, 3.63) is 58.6 Å². The molecule has 0 bridgehead atoms. The van der Waals surface area contributed by atoms with Gasteiger partial charge < -0.3 is 14.6 Å². The molecule has 0 saturated carbocycles. The fraction of sp³-hybridized carbons (Fsp3) is 0.158. The number of carbonyl (C=O) groups excluding carboxylic acids is 3. The molecule has 0 fully saturated rings. The molecule has 7 nitrogen and oxygen atoms in total. The van der Waals surface area contributed by atoms with Crippen LogP contribution < -0.4 is 10.1 Å². The second kappa shape index (κ2) is 8.13. The van der Waals surface area contributed by atoms with Crippen molar-refractivity contribution >= 4 is 45.0 Å². The van der Waals surface area contributed by atoms with Gasteiger partial charge in [-0.05, 0) is 30.3 Å². The Kier molecular flexibility index (Phi) is 5.65. The van der Waals surface area contributed by atoms with E-state index in [2.05, 4.69) is 10.3 Å². The van der Waals surface area contributed by atoms with Crippen LogP contribution in [0.3, 0.4) is 0 Å². The summed E-state index contributed by atoms with van der Waals surface area (Å²) in [6.07, 6.45) is 0. The molecule has 0 unspecified atom stereocenters. The first-order valence-electron chi connectivity index (χ1n) is 8.20. The fourth-order valence-electron chi connectivity index (χ4n) is 2.57. The van der Waals surface area contributed by atoms with Gasteiger partial charge in [-0.25, -0.2) is 4.39 Å². The topological polar surface area (TPSA) is 89.8 Å². The molecule has 2 aromatic carbocycles. The van der Waals surface area contributed by atoms with E-state index >= 15 is 0 Å². The number of ether oxygens (including phenoxy) is 1. The summed E-state index contributed by atoms with van der Waals surface area (Å²) >= 11 is 1.14. The minimum atomic E-state index is -0.759. The molecule has 1 heterocycles. The van der Waals surface area contributed by atoms with Gasteiger partial charge in [-0.2, -0.15) is 4.99 Å². The quantitative estimate of drug-likeness (QED) is 0.681. The second-order valence-corrected chi connectivity index (χ2v) is 6.82. The normalized spacial score (nSPS) is 11.5. The number of benzene rings is 2. The lowest BCUT2D eigenvalue weighted by Crippen LogP contribution is -2.22. The van der Waals surface area contributed by atoms with E-state index in [9.17, 15) is 18.8 Å². The number of hydrogen-bond acceptors (Lipinski definition) is 5. The molecule has 2 amide bonds. The fourth-order valence-corrected chi connectivity index (χ4v) is 3.63. The van der Waals surface area contributed by atoms with Crippen LogP contribution in [0.15, 0.2) is 47.5 Å². The number of halogens is 1. The van der Waals surface area contributed by atoms with Gasteiger partial charge in [0.15, 0.2) is 4.80 Å². The zero-order valence-electron chi connectivity index (χ0n) is 15.1. The molecule has 1 aromatic heterocycles. The van der Waals surface area contributed by atoms with Crippen molar-refractivity contribution in [2.45, 2.75) is 13.5 Å². The van der Waals surface area contributed by atoms with Crippen molar-refractivity contribution in [3.63, 3.8) is 0 Å². The van der Waals surface area contributed by atoms with Crippen molar-refractivity contribution in [2.24, 2.45) is 4.99 Å². The van der Waals surface area contributed by atoms with Crippen molar-refractivity contribution in [1.29, 1.82) is 0 Å². The minimum Gasteiger partial charge on any atom is -0.468 e. The summed E-state index contributed by atoms with van der Waals surface area (Å²) in [7, 11) is 1.26. The molecular weight excluding hydrogens is 385 g/mol. The van der Waals surface area contributed by atoms with E-state index < -0.39 is 17.7 Å². The Morgan fingerprint density at radius 2 is 1.96 bits per heavy atom. The van der Waals surface area contributed by atoms with E-state index in [0.717, 1.165) is 11.3 Å². The number of methoxy groups -OCH3 is 1. The largest absolute Gasteiger partial charge is 0.468 e. The molecule has 0 radical (unpaired) electrons. The number of carbonyl (C=O) groups is 3. The Morgan fingerprint density at radius 1 is 1.21 bits per heavy atom. The first-order chi connectivity index (χ1) is 13.4. The van der Waals surface area contributed by atoms with Gasteiger partial charge in [0.1, 0.15) is 12.4 Å². The minimum absolute atomic E-state index is 0.163. The predicted octanol–water partition coefficient (Wildman–Crippen LogP) is 2.71. The Hall–Kier alpha value is -3.33. The second-order valence-electron chi connectivity index (χ2n) is 5.81. The van der Waals surface area contributed by atoms with Crippen LogP contribution in [-0.2, 0) is 20.9 Å². The van der Waals surface area contributed by atoms with Gasteiger partial charge in [-0.3, -0.25) is 14.4 Å². The SMILES string of the molecule is COC(=O)Cn1c(=NC(=O)c2ccccc2F)sc2cc(NC(C)=O)ccc21.